The molecule has 0 fully saturated rings. The van der Waals surface area contributed by atoms with Gasteiger partial charge < -0.3 is 14.8 Å². The minimum absolute atomic E-state index is 0.0552. The molecule has 0 aromatic heterocycles. The van der Waals surface area contributed by atoms with Gasteiger partial charge in [-0.1, -0.05) is 23.7 Å². The van der Waals surface area contributed by atoms with Crippen LogP contribution in [0, 0.1) is 0 Å². The number of esters is 1. The molecule has 0 unspecified atom stereocenters. The topological polar surface area (TPSA) is 106 Å². The Bertz CT molecular complexity index is 641. The summed E-state index contributed by atoms with van der Waals surface area (Å²) in [6.45, 7) is 1.63. The van der Waals surface area contributed by atoms with Gasteiger partial charge in [0.2, 0.25) is 5.91 Å². The second-order valence-electron chi connectivity index (χ2n) is 4.57. The van der Waals surface area contributed by atoms with E-state index in [9.17, 15) is 14.4 Å². The van der Waals surface area contributed by atoms with Crippen LogP contribution < -0.4 is 20.9 Å². The lowest BCUT2D eigenvalue weighted by Gasteiger charge is -2.11. The molecule has 10 heteroatoms. The number of amides is 2. The van der Waals surface area contributed by atoms with Gasteiger partial charge in [-0.15, -0.1) is 0 Å². The number of thiocarbonyl (C=S) groups is 1. The average Bonchev–Trinajstić information content (AvgIpc) is 2.58. The highest BCUT2D eigenvalue weighted by Crippen LogP contribution is 2.22. The lowest BCUT2D eigenvalue weighted by molar-refractivity contribution is -0.144. The largest absolute Gasteiger partial charge is 0.482 e. The number of carbonyl (C=O) groups excluding carboxylic acids is 3. The third-order valence-electron chi connectivity index (χ3n) is 2.63. The van der Waals surface area contributed by atoms with E-state index in [0.29, 0.717) is 10.8 Å². The zero-order chi connectivity index (χ0) is 18.7. The predicted molar refractivity (Wildman–Crippen MR) is 94.8 cm³/mol. The molecule has 0 radical (unpaired) electrons. The Labute approximate surface area is 155 Å². The number of ether oxygens (including phenoxy) is 2. The first-order valence-corrected chi connectivity index (χ1v) is 8.12. The van der Waals surface area contributed by atoms with Crippen LogP contribution >= 0.6 is 23.8 Å². The Kier molecular flexibility index (Phi) is 9.26. The van der Waals surface area contributed by atoms with E-state index in [0.717, 1.165) is 0 Å². The molecule has 0 saturated heterocycles. The summed E-state index contributed by atoms with van der Waals surface area (Å²) >= 11 is 10.7. The molecule has 1 aromatic carbocycles. The van der Waals surface area contributed by atoms with Crippen molar-refractivity contribution in [3.8, 4) is 5.75 Å². The van der Waals surface area contributed by atoms with Crippen LogP contribution in [0.2, 0.25) is 5.02 Å². The van der Waals surface area contributed by atoms with Gasteiger partial charge in [0.15, 0.2) is 11.7 Å². The Hall–Kier alpha value is -2.39. The van der Waals surface area contributed by atoms with Crippen molar-refractivity contribution in [2.45, 2.75) is 19.8 Å². The molecule has 1 rings (SSSR count). The van der Waals surface area contributed by atoms with E-state index >= 15 is 0 Å². The number of nitrogens with one attached hydrogen (secondary N) is 3. The van der Waals surface area contributed by atoms with Gasteiger partial charge in [0, 0.05) is 6.42 Å². The van der Waals surface area contributed by atoms with Crippen LogP contribution in [0.5, 0.6) is 5.75 Å². The summed E-state index contributed by atoms with van der Waals surface area (Å²) in [5.74, 6) is -1.11. The Morgan fingerprint density at radius 2 is 1.84 bits per heavy atom. The fourth-order valence-corrected chi connectivity index (χ4v) is 1.89. The van der Waals surface area contributed by atoms with Crippen LogP contribution in [0.3, 0.4) is 0 Å². The molecule has 8 nitrogen and oxygen atoms in total. The van der Waals surface area contributed by atoms with Crippen molar-refractivity contribution in [2.75, 3.05) is 13.2 Å². The normalized spacial score (nSPS) is 9.68. The van der Waals surface area contributed by atoms with Gasteiger partial charge in [-0.2, -0.15) is 0 Å². The molecule has 0 heterocycles. The lowest BCUT2D eigenvalue weighted by Crippen LogP contribution is -2.49. The van der Waals surface area contributed by atoms with Crippen molar-refractivity contribution < 1.29 is 23.9 Å². The number of benzene rings is 1. The van der Waals surface area contributed by atoms with Crippen molar-refractivity contribution in [3.63, 3.8) is 0 Å². The van der Waals surface area contributed by atoms with Crippen LogP contribution in [-0.2, 0) is 19.1 Å². The first-order chi connectivity index (χ1) is 11.9. The number of carbonyl (C=O) groups is 3. The van der Waals surface area contributed by atoms with Crippen LogP contribution in [-0.4, -0.2) is 36.1 Å². The number of hydrogen-bond acceptors (Lipinski definition) is 6. The van der Waals surface area contributed by atoms with E-state index in [4.69, 9.17) is 33.3 Å². The molecular formula is C15H18ClN3O5S. The summed E-state index contributed by atoms with van der Waals surface area (Å²) in [4.78, 5) is 34.3. The summed E-state index contributed by atoms with van der Waals surface area (Å²) in [5.41, 5.74) is 4.61. The molecule has 0 aliphatic rings. The van der Waals surface area contributed by atoms with Gasteiger partial charge in [-0.25, -0.2) is 0 Å². The minimum atomic E-state index is -0.525. The summed E-state index contributed by atoms with van der Waals surface area (Å²) < 4.78 is 9.93. The minimum Gasteiger partial charge on any atom is -0.482 e. The standard InChI is InChI=1S/C15H18ClN3O5S/c1-2-23-14(22)8-7-12(20)17-15(25)19-18-13(21)9-24-11-6-4-3-5-10(11)16/h3-6H,2,7-9H2,1H3,(H,18,21)(H2,17,19,20,25). The molecular weight excluding hydrogens is 370 g/mol. The summed E-state index contributed by atoms with van der Waals surface area (Å²) in [7, 11) is 0. The maximum absolute atomic E-state index is 11.6. The third-order valence-corrected chi connectivity index (χ3v) is 3.14. The second-order valence-corrected chi connectivity index (χ2v) is 5.39. The van der Waals surface area contributed by atoms with E-state index in [-0.39, 0.29) is 31.2 Å². The van der Waals surface area contributed by atoms with E-state index in [1.807, 2.05) is 0 Å². The van der Waals surface area contributed by atoms with Crippen LogP contribution in [0.25, 0.3) is 0 Å². The molecule has 25 heavy (non-hydrogen) atoms. The summed E-state index contributed by atoms with van der Waals surface area (Å²) in [6, 6.07) is 6.71. The number of hydrogen-bond donors (Lipinski definition) is 3. The Balaban J connectivity index is 2.22. The molecule has 0 spiro atoms. The molecule has 2 amide bonds. The number of halogens is 1. The first kappa shape index (κ1) is 20.7. The van der Waals surface area contributed by atoms with Crippen LogP contribution in [0.4, 0.5) is 0 Å². The van der Waals surface area contributed by atoms with Crippen molar-refractivity contribution in [2.24, 2.45) is 0 Å². The van der Waals surface area contributed by atoms with Gasteiger partial charge in [0.05, 0.1) is 18.1 Å². The summed E-state index contributed by atoms with van der Waals surface area (Å²) in [5, 5.41) is 2.58. The molecule has 0 atom stereocenters. The molecule has 1 aromatic rings. The smallest absolute Gasteiger partial charge is 0.306 e. The van der Waals surface area contributed by atoms with E-state index in [1.165, 1.54) is 0 Å². The SMILES string of the molecule is CCOC(=O)CCC(=O)NC(=S)NNC(=O)COc1ccccc1Cl. The third kappa shape index (κ3) is 8.87. The number of rotatable bonds is 7. The second kappa shape index (κ2) is 11.2. The first-order valence-electron chi connectivity index (χ1n) is 7.34. The number of hydrazine groups is 1. The highest BCUT2D eigenvalue weighted by molar-refractivity contribution is 7.80. The number of para-hydroxylation sites is 1. The quantitative estimate of drug-likeness (QED) is 0.365. The van der Waals surface area contributed by atoms with Gasteiger partial charge in [-0.05, 0) is 31.3 Å². The maximum Gasteiger partial charge on any atom is 0.306 e. The fraction of sp³-hybridized carbons (Fsp3) is 0.333. The van der Waals surface area contributed by atoms with Crippen molar-refractivity contribution in [1.29, 1.82) is 0 Å². The zero-order valence-electron chi connectivity index (χ0n) is 13.5. The molecule has 0 aliphatic carbocycles. The predicted octanol–water partition coefficient (Wildman–Crippen LogP) is 1.08. The molecule has 0 aliphatic heterocycles. The van der Waals surface area contributed by atoms with E-state index in [1.54, 1.807) is 31.2 Å². The van der Waals surface area contributed by atoms with E-state index < -0.39 is 17.8 Å². The Morgan fingerprint density at radius 1 is 1.12 bits per heavy atom. The van der Waals surface area contributed by atoms with Crippen molar-refractivity contribution in [1.82, 2.24) is 16.2 Å². The summed E-state index contributed by atoms with van der Waals surface area (Å²) in [6.07, 6.45) is -0.134. The zero-order valence-corrected chi connectivity index (χ0v) is 15.0. The van der Waals surface area contributed by atoms with Gasteiger partial charge in [-0.3, -0.25) is 25.2 Å². The Morgan fingerprint density at radius 3 is 2.52 bits per heavy atom. The average molecular weight is 388 g/mol. The van der Waals surface area contributed by atoms with Gasteiger partial charge in [0.25, 0.3) is 5.91 Å². The van der Waals surface area contributed by atoms with Gasteiger partial charge >= 0.3 is 5.97 Å². The van der Waals surface area contributed by atoms with Crippen LogP contribution in [0.1, 0.15) is 19.8 Å². The monoisotopic (exact) mass is 387 g/mol. The maximum atomic E-state index is 11.6. The van der Waals surface area contributed by atoms with Crippen LogP contribution in [0.15, 0.2) is 24.3 Å². The molecule has 3 N–H and O–H groups in total. The molecule has 136 valence electrons. The van der Waals surface area contributed by atoms with Crippen molar-refractivity contribution in [3.05, 3.63) is 29.3 Å². The van der Waals surface area contributed by atoms with E-state index in [2.05, 4.69) is 16.2 Å². The molecule has 0 bridgehead atoms. The van der Waals surface area contributed by atoms with Crippen molar-refractivity contribution >= 4 is 46.7 Å². The van der Waals surface area contributed by atoms with Gasteiger partial charge in [0.1, 0.15) is 5.75 Å². The lowest BCUT2D eigenvalue weighted by atomic mass is 10.3. The fourth-order valence-electron chi connectivity index (χ4n) is 1.54. The highest BCUT2D eigenvalue weighted by Gasteiger charge is 2.10. The molecule has 0 saturated carbocycles. The highest BCUT2D eigenvalue weighted by atomic mass is 35.5.